The van der Waals surface area contributed by atoms with Gasteiger partial charge in [-0.15, -0.1) is 0 Å². The first kappa shape index (κ1) is 13.9. The van der Waals surface area contributed by atoms with Crippen molar-refractivity contribution in [3.63, 3.8) is 0 Å². The standard InChI is InChI=1S/C15H28N2O/c1-11-7-15(8-11,10-16)13(18)17-12-5-4-6-14(2,3)9-12/h11-12H,4-10,16H2,1-3H3,(H,17,18). The van der Waals surface area contributed by atoms with Gasteiger partial charge in [-0.25, -0.2) is 0 Å². The molecular weight excluding hydrogens is 224 g/mol. The number of amides is 1. The van der Waals surface area contributed by atoms with Crippen LogP contribution in [0.5, 0.6) is 0 Å². The summed E-state index contributed by atoms with van der Waals surface area (Å²) in [6.45, 7) is 7.30. The molecule has 3 nitrogen and oxygen atoms in total. The third-order valence-corrected chi connectivity index (χ3v) is 4.89. The third kappa shape index (κ3) is 2.71. The summed E-state index contributed by atoms with van der Waals surface area (Å²) < 4.78 is 0. The largest absolute Gasteiger partial charge is 0.353 e. The summed E-state index contributed by atoms with van der Waals surface area (Å²) in [6, 6.07) is 0.362. The van der Waals surface area contributed by atoms with Crippen LogP contribution >= 0.6 is 0 Å². The molecule has 2 rings (SSSR count). The maximum Gasteiger partial charge on any atom is 0.227 e. The lowest BCUT2D eigenvalue weighted by Crippen LogP contribution is -2.56. The predicted octanol–water partition coefficient (Wildman–Crippen LogP) is 2.45. The van der Waals surface area contributed by atoms with Crippen molar-refractivity contribution in [2.24, 2.45) is 22.5 Å². The Morgan fingerprint density at radius 3 is 2.50 bits per heavy atom. The topological polar surface area (TPSA) is 55.1 Å². The van der Waals surface area contributed by atoms with E-state index in [-0.39, 0.29) is 11.3 Å². The highest BCUT2D eigenvalue weighted by molar-refractivity contribution is 5.84. The number of hydrogen-bond donors (Lipinski definition) is 2. The molecule has 18 heavy (non-hydrogen) atoms. The molecular formula is C15H28N2O. The number of carbonyl (C=O) groups excluding carboxylic acids is 1. The SMILES string of the molecule is CC1CC(CN)(C(=O)NC2CCCC(C)(C)C2)C1. The van der Waals surface area contributed by atoms with E-state index < -0.39 is 0 Å². The lowest BCUT2D eigenvalue weighted by Gasteiger charge is -2.46. The summed E-state index contributed by atoms with van der Waals surface area (Å²) in [5, 5.41) is 3.27. The van der Waals surface area contributed by atoms with Gasteiger partial charge in [0.2, 0.25) is 5.91 Å². The van der Waals surface area contributed by atoms with Crippen LogP contribution < -0.4 is 11.1 Å². The van der Waals surface area contributed by atoms with Crippen LogP contribution in [-0.2, 0) is 4.79 Å². The van der Waals surface area contributed by atoms with Gasteiger partial charge in [0.1, 0.15) is 0 Å². The second kappa shape index (κ2) is 4.84. The Labute approximate surface area is 111 Å². The molecule has 2 fully saturated rings. The van der Waals surface area contributed by atoms with Crippen molar-refractivity contribution in [3.8, 4) is 0 Å². The third-order valence-electron chi connectivity index (χ3n) is 4.89. The van der Waals surface area contributed by atoms with Crippen LogP contribution in [0.25, 0.3) is 0 Å². The molecule has 104 valence electrons. The molecule has 0 saturated heterocycles. The van der Waals surface area contributed by atoms with Gasteiger partial charge in [0.15, 0.2) is 0 Å². The molecule has 2 aliphatic carbocycles. The van der Waals surface area contributed by atoms with Crippen LogP contribution in [0.15, 0.2) is 0 Å². The van der Waals surface area contributed by atoms with E-state index in [2.05, 4.69) is 26.1 Å². The zero-order valence-corrected chi connectivity index (χ0v) is 12.1. The molecule has 0 radical (unpaired) electrons. The summed E-state index contributed by atoms with van der Waals surface area (Å²) in [4.78, 5) is 12.4. The average Bonchev–Trinajstić information content (AvgIpc) is 2.22. The van der Waals surface area contributed by atoms with Crippen LogP contribution in [0.2, 0.25) is 0 Å². The molecule has 2 aliphatic rings. The molecule has 2 saturated carbocycles. The summed E-state index contributed by atoms with van der Waals surface area (Å²) in [7, 11) is 0. The zero-order valence-electron chi connectivity index (χ0n) is 12.1. The molecule has 3 heteroatoms. The van der Waals surface area contributed by atoms with E-state index in [0.717, 1.165) is 25.7 Å². The number of hydrogen-bond acceptors (Lipinski definition) is 2. The van der Waals surface area contributed by atoms with Gasteiger partial charge in [-0.2, -0.15) is 0 Å². The van der Waals surface area contributed by atoms with Crippen molar-refractivity contribution < 1.29 is 4.79 Å². The molecule has 1 atom stereocenters. The smallest absolute Gasteiger partial charge is 0.227 e. The summed E-state index contributed by atoms with van der Waals surface area (Å²) in [5.74, 6) is 0.868. The second-order valence-corrected chi connectivity index (χ2v) is 7.43. The van der Waals surface area contributed by atoms with Gasteiger partial charge in [0, 0.05) is 12.6 Å². The van der Waals surface area contributed by atoms with E-state index in [1.165, 1.54) is 12.8 Å². The number of rotatable bonds is 3. The van der Waals surface area contributed by atoms with E-state index in [0.29, 0.717) is 23.9 Å². The van der Waals surface area contributed by atoms with Gasteiger partial charge in [-0.1, -0.05) is 27.2 Å². The Balaban J connectivity index is 1.91. The number of nitrogens with two attached hydrogens (primary N) is 1. The van der Waals surface area contributed by atoms with Crippen molar-refractivity contribution in [3.05, 3.63) is 0 Å². The van der Waals surface area contributed by atoms with E-state index in [4.69, 9.17) is 5.73 Å². The fourth-order valence-electron chi connectivity index (χ4n) is 3.88. The maximum absolute atomic E-state index is 12.4. The van der Waals surface area contributed by atoms with Crippen molar-refractivity contribution in [1.82, 2.24) is 5.32 Å². The molecule has 0 spiro atoms. The Bertz CT molecular complexity index is 318. The Morgan fingerprint density at radius 1 is 1.33 bits per heavy atom. The minimum Gasteiger partial charge on any atom is -0.353 e. The predicted molar refractivity (Wildman–Crippen MR) is 74.1 cm³/mol. The monoisotopic (exact) mass is 252 g/mol. The van der Waals surface area contributed by atoms with E-state index in [1.807, 2.05) is 0 Å². The summed E-state index contributed by atoms with van der Waals surface area (Å²) in [5.41, 5.74) is 5.95. The zero-order chi connectivity index (χ0) is 13.4. The normalized spacial score (nSPS) is 38.9. The molecule has 3 N–H and O–H groups in total. The molecule has 1 unspecified atom stereocenters. The average molecular weight is 252 g/mol. The van der Waals surface area contributed by atoms with E-state index in [9.17, 15) is 4.79 Å². The molecule has 0 aromatic carbocycles. The number of carbonyl (C=O) groups is 1. The van der Waals surface area contributed by atoms with Gasteiger partial charge < -0.3 is 11.1 Å². The highest BCUT2D eigenvalue weighted by Gasteiger charge is 2.47. The summed E-state index contributed by atoms with van der Waals surface area (Å²) in [6.07, 6.45) is 6.67. The first-order chi connectivity index (χ1) is 8.37. The van der Waals surface area contributed by atoms with Crippen LogP contribution in [0, 0.1) is 16.7 Å². The minimum atomic E-state index is -0.249. The Morgan fingerprint density at radius 2 is 2.00 bits per heavy atom. The summed E-state index contributed by atoms with van der Waals surface area (Å²) >= 11 is 0. The fraction of sp³-hybridized carbons (Fsp3) is 0.933. The van der Waals surface area contributed by atoms with Gasteiger partial charge in [0.25, 0.3) is 0 Å². The van der Waals surface area contributed by atoms with Gasteiger partial charge in [-0.3, -0.25) is 4.79 Å². The van der Waals surface area contributed by atoms with Crippen molar-refractivity contribution in [1.29, 1.82) is 0 Å². The molecule has 0 aromatic rings. The molecule has 0 heterocycles. The maximum atomic E-state index is 12.4. The highest BCUT2D eigenvalue weighted by atomic mass is 16.2. The first-order valence-corrected chi connectivity index (χ1v) is 7.38. The quantitative estimate of drug-likeness (QED) is 0.810. The van der Waals surface area contributed by atoms with E-state index >= 15 is 0 Å². The Hall–Kier alpha value is -0.570. The first-order valence-electron chi connectivity index (χ1n) is 7.38. The molecule has 0 aliphatic heterocycles. The van der Waals surface area contributed by atoms with Crippen molar-refractivity contribution in [2.45, 2.75) is 65.3 Å². The van der Waals surface area contributed by atoms with Crippen LogP contribution in [0.1, 0.15) is 59.3 Å². The number of nitrogens with one attached hydrogen (secondary N) is 1. The second-order valence-electron chi connectivity index (χ2n) is 7.43. The van der Waals surface area contributed by atoms with Crippen molar-refractivity contribution >= 4 is 5.91 Å². The minimum absolute atomic E-state index is 0.214. The van der Waals surface area contributed by atoms with Crippen LogP contribution in [0.3, 0.4) is 0 Å². The van der Waals surface area contributed by atoms with Gasteiger partial charge >= 0.3 is 0 Å². The highest BCUT2D eigenvalue weighted by Crippen LogP contribution is 2.45. The Kier molecular flexibility index (Phi) is 3.72. The lowest BCUT2D eigenvalue weighted by molar-refractivity contribution is -0.139. The molecule has 1 amide bonds. The van der Waals surface area contributed by atoms with Crippen LogP contribution in [0.4, 0.5) is 0 Å². The fourth-order valence-corrected chi connectivity index (χ4v) is 3.88. The van der Waals surface area contributed by atoms with Crippen LogP contribution in [-0.4, -0.2) is 18.5 Å². The van der Waals surface area contributed by atoms with Gasteiger partial charge in [0.05, 0.1) is 5.41 Å². The lowest BCUT2D eigenvalue weighted by atomic mass is 9.62. The molecule has 0 bridgehead atoms. The van der Waals surface area contributed by atoms with Crippen molar-refractivity contribution in [2.75, 3.05) is 6.54 Å². The van der Waals surface area contributed by atoms with Gasteiger partial charge in [-0.05, 0) is 43.4 Å². The molecule has 0 aromatic heterocycles. The van der Waals surface area contributed by atoms with E-state index in [1.54, 1.807) is 0 Å².